The van der Waals surface area contributed by atoms with Crippen LogP contribution in [0, 0.1) is 11.8 Å². The number of nitrogens with two attached hydrogens (primary N) is 1. The number of benzene rings is 2. The van der Waals surface area contributed by atoms with Gasteiger partial charge in [0.1, 0.15) is 18.2 Å². The summed E-state index contributed by atoms with van der Waals surface area (Å²) in [5.41, 5.74) is 8.57. The van der Waals surface area contributed by atoms with Crippen molar-refractivity contribution in [2.24, 2.45) is 17.6 Å². The summed E-state index contributed by atoms with van der Waals surface area (Å²) >= 11 is 0. The smallest absolute Gasteiger partial charge is 0.252 e. The topological polar surface area (TPSA) is 183 Å². The average molecular weight is 860 g/mol. The zero-order valence-electron chi connectivity index (χ0n) is 36.8. The van der Waals surface area contributed by atoms with Crippen LogP contribution in [0.2, 0.25) is 0 Å². The number of amides is 4. The highest BCUT2D eigenvalue weighted by Gasteiger charge is 2.49. The second-order valence-corrected chi connectivity index (χ2v) is 17.7. The number of piperidine rings is 2. The monoisotopic (exact) mass is 860 g/mol. The van der Waals surface area contributed by atoms with E-state index < -0.39 is 30.2 Å². The molecule has 0 aliphatic carbocycles. The van der Waals surface area contributed by atoms with E-state index in [2.05, 4.69) is 79.6 Å². The van der Waals surface area contributed by atoms with E-state index in [1.807, 2.05) is 21.9 Å². The minimum Gasteiger partial charge on any atom is -0.379 e. The number of hydrogen-bond acceptors (Lipinski definition) is 12. The molecule has 0 aromatic heterocycles. The van der Waals surface area contributed by atoms with Crippen molar-refractivity contribution in [2.75, 3.05) is 92.9 Å². The van der Waals surface area contributed by atoms with E-state index in [1.165, 1.54) is 11.1 Å². The van der Waals surface area contributed by atoms with Gasteiger partial charge in [-0.1, -0.05) is 60.7 Å². The molecule has 2 unspecified atom stereocenters. The van der Waals surface area contributed by atoms with Crippen LogP contribution in [-0.4, -0.2) is 185 Å². The van der Waals surface area contributed by atoms with Gasteiger partial charge in [-0.2, -0.15) is 0 Å². The van der Waals surface area contributed by atoms with E-state index in [9.17, 15) is 19.2 Å². The van der Waals surface area contributed by atoms with Crippen LogP contribution in [-0.2, 0) is 46.2 Å². The molecule has 5 aliphatic heterocycles. The Balaban J connectivity index is 1.15. The summed E-state index contributed by atoms with van der Waals surface area (Å²) in [4.78, 5) is 64.4. The zero-order valence-corrected chi connectivity index (χ0v) is 36.8. The first-order valence-electron chi connectivity index (χ1n) is 22.8. The summed E-state index contributed by atoms with van der Waals surface area (Å²) in [6.07, 6.45) is 2.26. The van der Waals surface area contributed by atoms with E-state index in [0.29, 0.717) is 39.4 Å². The number of rotatable bonds is 12. The predicted molar refractivity (Wildman–Crippen MR) is 235 cm³/mol. The molecule has 0 radical (unpaired) electrons. The summed E-state index contributed by atoms with van der Waals surface area (Å²) in [6, 6.07) is 18.2. The maximum absolute atomic E-state index is 14.6. The van der Waals surface area contributed by atoms with Gasteiger partial charge in [0.25, 0.3) is 5.91 Å². The summed E-state index contributed by atoms with van der Waals surface area (Å²) < 4.78 is 19.8. The second kappa shape index (κ2) is 22.1. The molecule has 4 amide bonds. The Kier molecular flexibility index (Phi) is 16.4. The number of likely N-dealkylation sites (tertiary alicyclic amines) is 2. The molecule has 8 bridgehead atoms. The number of nitrogens with one attached hydrogen (secondary N) is 4. The highest BCUT2D eigenvalue weighted by Crippen LogP contribution is 2.36. The van der Waals surface area contributed by atoms with Gasteiger partial charge in [-0.3, -0.25) is 34.3 Å². The van der Waals surface area contributed by atoms with Crippen molar-refractivity contribution in [2.45, 2.75) is 87.6 Å². The molecule has 2 aromatic rings. The maximum atomic E-state index is 14.6. The summed E-state index contributed by atoms with van der Waals surface area (Å²) in [5.74, 6) is -0.973. The number of carbonyl (C=O) groups is 4. The average Bonchev–Trinajstić information content (AvgIpc) is 3.94. The molecule has 16 heteroatoms. The van der Waals surface area contributed by atoms with E-state index >= 15 is 0 Å². The van der Waals surface area contributed by atoms with E-state index in [4.69, 9.17) is 19.9 Å². The predicted octanol–water partition coefficient (Wildman–Crippen LogP) is -0.190. The molecule has 7 rings (SSSR count). The third-order valence-electron chi connectivity index (χ3n) is 13.8. The first-order valence-corrected chi connectivity index (χ1v) is 22.8. The minimum absolute atomic E-state index is 0.0544. The molecule has 5 heterocycles. The molecule has 10 atom stereocenters. The van der Waals surface area contributed by atoms with Crippen LogP contribution in [0.15, 0.2) is 60.7 Å². The maximum Gasteiger partial charge on any atom is 0.252 e. The molecule has 340 valence electrons. The Morgan fingerprint density at radius 1 is 0.677 bits per heavy atom. The van der Waals surface area contributed by atoms with Gasteiger partial charge in [0.2, 0.25) is 17.7 Å². The molecule has 16 nitrogen and oxygen atoms in total. The number of carbonyl (C=O) groups excluding carboxylic acids is 4. The molecule has 5 fully saturated rings. The SMILES string of the molecule is CN[C@@H](C)C(=O)N[C@H]1COCC[C@H](NC(=O)[C@H](N)NC)C(=O)N2CC[C@H]3C(CN(CCc4ccccc4)C[C@H]32)OCCOC2CN(CCc3ccccc3)C[C@@H]3[C@H]2CCN3C1=O. The largest absolute Gasteiger partial charge is 0.379 e. The minimum atomic E-state index is -1.01. The van der Waals surface area contributed by atoms with Gasteiger partial charge < -0.3 is 45.7 Å². The van der Waals surface area contributed by atoms with Crippen LogP contribution in [0.25, 0.3) is 0 Å². The standard InChI is InChI=1S/C46H69N9O7/c1-31(48-2)43(56)51-37-30-60-23-18-36(50-44(57)42(47)49-3)45(58)54-21-16-34-38(54)26-52(19-14-32-10-6-4-7-11-32)28-40(34)61-24-25-62-41-29-53(20-15-33-12-8-5-9-13-33)27-39-35(41)17-22-55(39)46(37)59/h4-13,31,34-42,48-49H,14-30,47H2,1-3H3,(H,50,57)(H,51,56)/t31-,34+,35+,36-,37-,38+,39+,40?,41?,42+/m0/s1. The second-order valence-electron chi connectivity index (χ2n) is 17.7. The lowest BCUT2D eigenvalue weighted by Gasteiger charge is -2.44. The van der Waals surface area contributed by atoms with Gasteiger partial charge in [-0.25, -0.2) is 0 Å². The Morgan fingerprint density at radius 3 is 1.68 bits per heavy atom. The molecule has 0 spiro atoms. The third-order valence-corrected chi connectivity index (χ3v) is 13.8. The van der Waals surface area contributed by atoms with Crippen LogP contribution in [0.3, 0.4) is 0 Å². The van der Waals surface area contributed by atoms with E-state index in [0.717, 1.165) is 51.9 Å². The van der Waals surface area contributed by atoms with Gasteiger partial charge in [0.05, 0.1) is 38.1 Å². The van der Waals surface area contributed by atoms with Gasteiger partial charge >= 0.3 is 0 Å². The van der Waals surface area contributed by atoms with E-state index in [1.54, 1.807) is 21.0 Å². The van der Waals surface area contributed by atoms with Gasteiger partial charge in [-0.15, -0.1) is 0 Å². The van der Waals surface area contributed by atoms with Crippen molar-refractivity contribution in [3.63, 3.8) is 0 Å². The molecule has 2 aromatic carbocycles. The van der Waals surface area contributed by atoms with E-state index in [-0.39, 0.29) is 73.5 Å². The number of hydrogen-bond donors (Lipinski definition) is 5. The number of likely N-dealkylation sites (N-methyl/N-ethyl adjacent to an activating group) is 2. The quantitative estimate of drug-likeness (QED) is 0.178. The zero-order chi connectivity index (χ0) is 43.6. The fraction of sp³-hybridized carbons (Fsp3) is 0.652. The highest BCUT2D eigenvalue weighted by molar-refractivity contribution is 5.91. The van der Waals surface area contributed by atoms with Crippen LogP contribution >= 0.6 is 0 Å². The van der Waals surface area contributed by atoms with Gasteiger partial charge in [0, 0.05) is 82.9 Å². The Bertz CT molecular complexity index is 1650. The van der Waals surface area contributed by atoms with Crippen molar-refractivity contribution in [3.05, 3.63) is 71.8 Å². The first-order chi connectivity index (χ1) is 30.1. The number of nitrogens with zero attached hydrogens (tertiary/aromatic N) is 4. The highest BCUT2D eigenvalue weighted by atomic mass is 16.5. The number of ether oxygens (including phenoxy) is 3. The Hall–Kier alpha value is -4.00. The van der Waals surface area contributed by atoms with Crippen LogP contribution in [0.4, 0.5) is 0 Å². The molecule has 0 saturated carbocycles. The van der Waals surface area contributed by atoms with Gasteiger partial charge in [0.15, 0.2) is 0 Å². The lowest BCUT2D eigenvalue weighted by Crippen LogP contribution is -2.61. The van der Waals surface area contributed by atoms with Crippen molar-refractivity contribution in [3.8, 4) is 0 Å². The first kappa shape index (κ1) is 46.0. The van der Waals surface area contributed by atoms with Crippen molar-refractivity contribution < 1.29 is 33.4 Å². The van der Waals surface area contributed by atoms with Crippen LogP contribution in [0.5, 0.6) is 0 Å². The van der Waals surface area contributed by atoms with Crippen LogP contribution < -0.4 is 27.0 Å². The summed E-state index contributed by atoms with van der Waals surface area (Å²) in [5, 5.41) is 11.6. The summed E-state index contributed by atoms with van der Waals surface area (Å²) in [6.45, 7) is 8.14. The van der Waals surface area contributed by atoms with Crippen molar-refractivity contribution in [1.29, 1.82) is 0 Å². The fourth-order valence-electron chi connectivity index (χ4n) is 10.1. The lowest BCUT2D eigenvalue weighted by atomic mass is 9.88. The molecule has 62 heavy (non-hydrogen) atoms. The lowest BCUT2D eigenvalue weighted by molar-refractivity contribution is -0.144. The Morgan fingerprint density at radius 2 is 1.18 bits per heavy atom. The third kappa shape index (κ3) is 11.4. The summed E-state index contributed by atoms with van der Waals surface area (Å²) in [7, 11) is 3.28. The Labute approximate surface area is 366 Å². The normalized spacial score (nSPS) is 30.1. The molecular weight excluding hydrogens is 791 g/mol. The van der Waals surface area contributed by atoms with Crippen molar-refractivity contribution >= 4 is 23.6 Å². The molecule has 6 N–H and O–H groups in total. The van der Waals surface area contributed by atoms with Crippen LogP contribution in [0.1, 0.15) is 37.3 Å². The van der Waals surface area contributed by atoms with Gasteiger partial charge in [-0.05, 0) is 64.3 Å². The molecule has 5 saturated heterocycles. The van der Waals surface area contributed by atoms with Crippen molar-refractivity contribution in [1.82, 2.24) is 40.9 Å². The molecular formula is C46H69N9O7. The fourth-order valence-corrected chi connectivity index (χ4v) is 10.1. The molecule has 5 aliphatic rings.